The lowest BCUT2D eigenvalue weighted by molar-refractivity contribution is 0.0693. The monoisotopic (exact) mass is 345 g/mol. The Morgan fingerprint density at radius 3 is 2.52 bits per heavy atom. The number of carbonyl (C=O) groups is 2. The summed E-state index contributed by atoms with van der Waals surface area (Å²) in [6, 6.07) is 8.84. The molecule has 2 aromatic rings. The summed E-state index contributed by atoms with van der Waals surface area (Å²) in [5.74, 6) is 0.138. The number of halogens is 1. The van der Waals surface area contributed by atoms with Crippen LogP contribution in [0.15, 0.2) is 34.8 Å². The van der Waals surface area contributed by atoms with Gasteiger partial charge in [-0.1, -0.05) is 0 Å². The lowest BCUT2D eigenvalue weighted by Gasteiger charge is -2.08. The number of hydrogen-bond acceptors (Lipinski definition) is 4. The molecule has 1 aliphatic heterocycles. The molecule has 5 nitrogen and oxygen atoms in total. The molecule has 0 atom stereocenters. The van der Waals surface area contributed by atoms with E-state index in [2.05, 4.69) is 26.2 Å². The minimum Gasteiger partial charge on any atom is -0.340 e. The molecule has 3 rings (SSSR count). The van der Waals surface area contributed by atoms with Crippen molar-refractivity contribution in [2.45, 2.75) is 6.92 Å². The van der Waals surface area contributed by atoms with Gasteiger partial charge in [-0.3, -0.25) is 14.5 Å². The minimum absolute atomic E-state index is 0.265. The van der Waals surface area contributed by atoms with Gasteiger partial charge >= 0.3 is 0 Å². The number of hydrogen-bond donors (Lipinski definition) is 1. The van der Waals surface area contributed by atoms with Crippen LogP contribution >= 0.6 is 15.9 Å². The summed E-state index contributed by atoms with van der Waals surface area (Å²) < 4.78 is 0.935. The molecule has 0 unspecified atom stereocenters. The van der Waals surface area contributed by atoms with Crippen molar-refractivity contribution in [1.29, 1.82) is 0 Å². The third-order valence-corrected chi connectivity index (χ3v) is 4.22. The Labute approximate surface area is 130 Å². The van der Waals surface area contributed by atoms with E-state index in [1.54, 1.807) is 18.2 Å². The Balaban J connectivity index is 1.93. The topological polar surface area (TPSA) is 62.3 Å². The van der Waals surface area contributed by atoms with Crippen molar-refractivity contribution in [1.82, 2.24) is 9.88 Å². The molecule has 0 saturated carbocycles. The zero-order valence-electron chi connectivity index (χ0n) is 11.5. The third-order valence-electron chi connectivity index (χ3n) is 3.38. The molecule has 0 fully saturated rings. The van der Waals surface area contributed by atoms with Crippen LogP contribution < -0.4 is 5.32 Å². The normalized spacial score (nSPS) is 13.6. The summed E-state index contributed by atoms with van der Waals surface area (Å²) in [7, 11) is 1.48. The molecule has 106 valence electrons. The van der Waals surface area contributed by atoms with Gasteiger partial charge in [0.1, 0.15) is 5.82 Å². The number of anilines is 2. The highest BCUT2D eigenvalue weighted by atomic mass is 79.9. The molecule has 6 heteroatoms. The molecular formula is C15H12BrN3O2. The van der Waals surface area contributed by atoms with Crippen LogP contribution in [0.4, 0.5) is 11.5 Å². The fourth-order valence-electron chi connectivity index (χ4n) is 2.20. The van der Waals surface area contributed by atoms with Gasteiger partial charge in [-0.2, -0.15) is 0 Å². The number of amides is 2. The summed E-state index contributed by atoms with van der Waals surface area (Å²) in [4.78, 5) is 29.3. The molecule has 0 bridgehead atoms. The SMILES string of the molecule is Cc1nc(Nc2ccc3c(c2)C(=O)N(C)C3=O)ccc1Br. The van der Waals surface area contributed by atoms with Crippen molar-refractivity contribution in [3.05, 3.63) is 51.6 Å². The number of aryl methyl sites for hydroxylation is 1. The molecule has 1 aromatic carbocycles. The van der Waals surface area contributed by atoms with Gasteiger partial charge in [0.15, 0.2) is 0 Å². The van der Waals surface area contributed by atoms with E-state index < -0.39 is 0 Å². The quantitative estimate of drug-likeness (QED) is 0.849. The molecule has 1 aromatic heterocycles. The average Bonchev–Trinajstić information content (AvgIpc) is 2.68. The molecule has 0 spiro atoms. The maximum Gasteiger partial charge on any atom is 0.261 e. The van der Waals surface area contributed by atoms with Crippen LogP contribution in [0.5, 0.6) is 0 Å². The van der Waals surface area contributed by atoms with E-state index >= 15 is 0 Å². The van der Waals surface area contributed by atoms with E-state index in [1.807, 2.05) is 19.1 Å². The van der Waals surface area contributed by atoms with Crippen LogP contribution in [0.25, 0.3) is 0 Å². The molecule has 2 amide bonds. The van der Waals surface area contributed by atoms with Crippen molar-refractivity contribution in [3.63, 3.8) is 0 Å². The molecule has 2 heterocycles. The summed E-state index contributed by atoms with van der Waals surface area (Å²) >= 11 is 3.40. The van der Waals surface area contributed by atoms with Gasteiger partial charge in [0.05, 0.1) is 16.8 Å². The van der Waals surface area contributed by atoms with Gasteiger partial charge in [-0.05, 0) is 53.2 Å². The second-order valence-electron chi connectivity index (χ2n) is 4.82. The summed E-state index contributed by atoms with van der Waals surface area (Å²) in [6.45, 7) is 1.90. The Morgan fingerprint density at radius 1 is 1.10 bits per heavy atom. The van der Waals surface area contributed by atoms with E-state index in [0.29, 0.717) is 16.9 Å². The molecule has 1 N–H and O–H groups in total. The molecule has 0 radical (unpaired) electrons. The summed E-state index contributed by atoms with van der Waals surface area (Å²) in [5, 5.41) is 3.14. The van der Waals surface area contributed by atoms with E-state index in [9.17, 15) is 9.59 Å². The number of pyridine rings is 1. The lowest BCUT2D eigenvalue weighted by Crippen LogP contribution is -2.24. The van der Waals surface area contributed by atoms with E-state index in [-0.39, 0.29) is 11.8 Å². The van der Waals surface area contributed by atoms with Gasteiger partial charge in [0.25, 0.3) is 11.8 Å². The highest BCUT2D eigenvalue weighted by molar-refractivity contribution is 9.10. The van der Waals surface area contributed by atoms with Crippen molar-refractivity contribution >= 4 is 39.2 Å². The first kappa shape index (κ1) is 13.8. The number of benzene rings is 1. The number of nitrogens with zero attached hydrogens (tertiary/aromatic N) is 2. The summed E-state index contributed by atoms with van der Waals surface area (Å²) in [5.41, 5.74) is 2.45. The third kappa shape index (κ3) is 2.31. The maximum atomic E-state index is 12.0. The number of rotatable bonds is 2. The van der Waals surface area contributed by atoms with Crippen molar-refractivity contribution in [2.75, 3.05) is 12.4 Å². The standard InChI is InChI=1S/C15H12BrN3O2/c1-8-12(16)5-6-13(17-8)18-9-3-4-10-11(7-9)15(21)19(2)14(10)20/h3-7H,1-2H3,(H,17,18). The number of carbonyl (C=O) groups excluding carboxylic acids is 2. The number of imide groups is 1. The van der Waals surface area contributed by atoms with Crippen molar-refractivity contribution < 1.29 is 9.59 Å². The van der Waals surface area contributed by atoms with Gasteiger partial charge in [0, 0.05) is 17.2 Å². The van der Waals surface area contributed by atoms with Crippen LogP contribution in [0.3, 0.4) is 0 Å². The number of nitrogens with one attached hydrogen (secondary N) is 1. The second-order valence-corrected chi connectivity index (χ2v) is 5.67. The molecule has 1 aliphatic rings. The Hall–Kier alpha value is -2.21. The van der Waals surface area contributed by atoms with Gasteiger partial charge < -0.3 is 5.32 Å². The Morgan fingerprint density at radius 2 is 1.81 bits per heavy atom. The van der Waals surface area contributed by atoms with Crippen LogP contribution in [-0.2, 0) is 0 Å². The minimum atomic E-state index is -0.279. The predicted octanol–water partition coefficient (Wildman–Crippen LogP) is 3.12. The van der Waals surface area contributed by atoms with Gasteiger partial charge in [-0.15, -0.1) is 0 Å². The van der Waals surface area contributed by atoms with Gasteiger partial charge in [0.2, 0.25) is 0 Å². The first-order chi connectivity index (χ1) is 9.97. The molecule has 0 aliphatic carbocycles. The molecular weight excluding hydrogens is 334 g/mol. The highest BCUT2D eigenvalue weighted by Crippen LogP contribution is 2.26. The first-order valence-corrected chi connectivity index (χ1v) is 7.13. The number of fused-ring (bicyclic) bond motifs is 1. The second kappa shape index (κ2) is 4.96. The highest BCUT2D eigenvalue weighted by Gasteiger charge is 2.32. The van der Waals surface area contributed by atoms with Crippen molar-refractivity contribution in [3.8, 4) is 0 Å². The van der Waals surface area contributed by atoms with E-state index in [4.69, 9.17) is 0 Å². The smallest absolute Gasteiger partial charge is 0.261 e. The van der Waals surface area contributed by atoms with Crippen LogP contribution in [-0.4, -0.2) is 28.7 Å². The fraction of sp³-hybridized carbons (Fsp3) is 0.133. The fourth-order valence-corrected chi connectivity index (χ4v) is 2.42. The largest absolute Gasteiger partial charge is 0.340 e. The number of aromatic nitrogens is 1. The lowest BCUT2D eigenvalue weighted by atomic mass is 10.1. The van der Waals surface area contributed by atoms with Crippen molar-refractivity contribution in [2.24, 2.45) is 0 Å². The first-order valence-electron chi connectivity index (χ1n) is 6.34. The van der Waals surface area contributed by atoms with E-state index in [1.165, 1.54) is 7.05 Å². The van der Waals surface area contributed by atoms with Crippen LogP contribution in [0, 0.1) is 6.92 Å². The molecule has 21 heavy (non-hydrogen) atoms. The predicted molar refractivity (Wildman–Crippen MR) is 82.8 cm³/mol. The zero-order valence-corrected chi connectivity index (χ0v) is 13.1. The van der Waals surface area contributed by atoms with Crippen LogP contribution in [0.1, 0.15) is 26.4 Å². The Bertz CT molecular complexity index is 774. The van der Waals surface area contributed by atoms with Gasteiger partial charge in [-0.25, -0.2) is 4.98 Å². The maximum absolute atomic E-state index is 12.0. The zero-order chi connectivity index (χ0) is 15.1. The summed E-state index contributed by atoms with van der Waals surface area (Å²) in [6.07, 6.45) is 0. The van der Waals surface area contributed by atoms with Crippen LogP contribution in [0.2, 0.25) is 0 Å². The average molecular weight is 346 g/mol. The Kier molecular flexibility index (Phi) is 3.25. The molecule has 0 saturated heterocycles. The van der Waals surface area contributed by atoms with E-state index in [0.717, 1.165) is 20.8 Å².